The average molecular weight is 211 g/mol. The summed E-state index contributed by atoms with van der Waals surface area (Å²) in [4.78, 5) is 0. The topological polar surface area (TPSA) is 45.4 Å². The van der Waals surface area contributed by atoms with Gasteiger partial charge in [0.25, 0.3) is 0 Å². The van der Waals surface area contributed by atoms with E-state index in [4.69, 9.17) is 4.42 Å². The predicted octanol–water partition coefficient (Wildman–Crippen LogP) is 1.95. The van der Waals surface area contributed by atoms with Gasteiger partial charge in [-0.25, -0.2) is 0 Å². The molecule has 1 aromatic heterocycles. The minimum Gasteiger partial charge on any atom is -0.465 e. The molecular formula is C12H21NO2. The highest BCUT2D eigenvalue weighted by Crippen LogP contribution is 2.08. The van der Waals surface area contributed by atoms with E-state index in [0.717, 1.165) is 17.9 Å². The van der Waals surface area contributed by atoms with Crippen LogP contribution < -0.4 is 5.32 Å². The molecular weight excluding hydrogens is 190 g/mol. The van der Waals surface area contributed by atoms with Gasteiger partial charge in [0.05, 0.1) is 12.6 Å². The summed E-state index contributed by atoms with van der Waals surface area (Å²) in [6, 6.07) is 3.98. The lowest BCUT2D eigenvalue weighted by molar-refractivity contribution is 0.122. The van der Waals surface area contributed by atoms with Crippen LogP contribution in [0.4, 0.5) is 0 Å². The molecule has 3 nitrogen and oxygen atoms in total. The monoisotopic (exact) mass is 211 g/mol. The van der Waals surface area contributed by atoms with Crippen molar-refractivity contribution in [2.45, 2.75) is 39.8 Å². The zero-order valence-corrected chi connectivity index (χ0v) is 9.79. The van der Waals surface area contributed by atoms with E-state index in [1.54, 1.807) is 0 Å². The van der Waals surface area contributed by atoms with Crippen LogP contribution in [0, 0.1) is 5.92 Å². The Hall–Kier alpha value is -0.800. The van der Waals surface area contributed by atoms with Crippen molar-refractivity contribution < 1.29 is 9.52 Å². The van der Waals surface area contributed by atoms with Gasteiger partial charge in [-0.15, -0.1) is 0 Å². The third kappa shape index (κ3) is 4.06. The van der Waals surface area contributed by atoms with Gasteiger partial charge in [-0.3, -0.25) is 0 Å². The maximum Gasteiger partial charge on any atom is 0.117 e. The van der Waals surface area contributed by atoms with Crippen LogP contribution >= 0.6 is 0 Å². The van der Waals surface area contributed by atoms with Crippen LogP contribution in [0.1, 0.15) is 32.3 Å². The first-order chi connectivity index (χ1) is 7.13. The third-order valence-electron chi connectivity index (χ3n) is 2.49. The summed E-state index contributed by atoms with van der Waals surface area (Å²) in [5, 5.41) is 12.7. The first-order valence-electron chi connectivity index (χ1n) is 5.59. The quantitative estimate of drug-likeness (QED) is 0.756. The number of furan rings is 1. The van der Waals surface area contributed by atoms with Crippen LogP contribution in [-0.4, -0.2) is 17.8 Å². The number of aliphatic hydroxyl groups is 1. The number of aryl methyl sites for hydroxylation is 1. The predicted molar refractivity (Wildman–Crippen MR) is 60.6 cm³/mol. The highest BCUT2D eigenvalue weighted by atomic mass is 16.3. The number of hydrogen-bond acceptors (Lipinski definition) is 3. The Labute approximate surface area is 91.5 Å². The van der Waals surface area contributed by atoms with E-state index in [1.165, 1.54) is 0 Å². The SMILES string of the molecule is CCc1ccc(CNCC(O)C(C)C)o1. The van der Waals surface area contributed by atoms with Crippen molar-refractivity contribution in [3.8, 4) is 0 Å². The maximum atomic E-state index is 9.56. The molecule has 0 aliphatic heterocycles. The molecule has 0 saturated carbocycles. The Morgan fingerprint density at radius 3 is 2.53 bits per heavy atom. The van der Waals surface area contributed by atoms with E-state index in [2.05, 4.69) is 12.2 Å². The second kappa shape index (κ2) is 5.93. The molecule has 0 radical (unpaired) electrons. The van der Waals surface area contributed by atoms with Crippen molar-refractivity contribution in [2.24, 2.45) is 5.92 Å². The van der Waals surface area contributed by atoms with E-state index >= 15 is 0 Å². The number of hydrogen-bond donors (Lipinski definition) is 2. The van der Waals surface area contributed by atoms with Gasteiger partial charge in [0.15, 0.2) is 0 Å². The summed E-state index contributed by atoms with van der Waals surface area (Å²) in [5.41, 5.74) is 0. The van der Waals surface area contributed by atoms with Gasteiger partial charge < -0.3 is 14.8 Å². The summed E-state index contributed by atoms with van der Waals surface area (Å²) in [6.07, 6.45) is 0.639. The molecule has 0 aliphatic rings. The van der Waals surface area contributed by atoms with Gasteiger partial charge in [0, 0.05) is 13.0 Å². The molecule has 1 rings (SSSR count). The van der Waals surface area contributed by atoms with Crippen molar-refractivity contribution in [2.75, 3.05) is 6.54 Å². The summed E-state index contributed by atoms with van der Waals surface area (Å²) >= 11 is 0. The molecule has 0 spiro atoms. The van der Waals surface area contributed by atoms with Crippen LogP contribution in [0.25, 0.3) is 0 Å². The standard InChI is InChI=1S/C12H21NO2/c1-4-10-5-6-11(15-10)7-13-8-12(14)9(2)3/h5-6,9,12-14H,4,7-8H2,1-3H3. The fourth-order valence-corrected chi connectivity index (χ4v) is 1.29. The van der Waals surface area contributed by atoms with Crippen LogP contribution in [-0.2, 0) is 13.0 Å². The van der Waals surface area contributed by atoms with Gasteiger partial charge >= 0.3 is 0 Å². The fraction of sp³-hybridized carbons (Fsp3) is 0.667. The number of nitrogens with one attached hydrogen (secondary N) is 1. The van der Waals surface area contributed by atoms with Crippen molar-refractivity contribution in [1.82, 2.24) is 5.32 Å². The van der Waals surface area contributed by atoms with Crippen LogP contribution in [0.2, 0.25) is 0 Å². The Kier molecular flexibility index (Phi) is 4.85. The maximum absolute atomic E-state index is 9.56. The lowest BCUT2D eigenvalue weighted by atomic mass is 10.1. The van der Waals surface area contributed by atoms with E-state index in [-0.39, 0.29) is 6.10 Å². The molecule has 1 aromatic rings. The minimum atomic E-state index is -0.286. The molecule has 0 bridgehead atoms. The van der Waals surface area contributed by atoms with Gasteiger partial charge in [-0.1, -0.05) is 20.8 Å². The number of aliphatic hydroxyl groups excluding tert-OH is 1. The highest BCUT2D eigenvalue weighted by Gasteiger charge is 2.08. The molecule has 1 unspecified atom stereocenters. The normalized spacial score (nSPS) is 13.4. The summed E-state index contributed by atoms with van der Waals surface area (Å²) < 4.78 is 5.53. The summed E-state index contributed by atoms with van der Waals surface area (Å²) in [7, 11) is 0. The minimum absolute atomic E-state index is 0.286. The van der Waals surface area contributed by atoms with Gasteiger partial charge in [0.1, 0.15) is 11.5 Å². The molecule has 0 fully saturated rings. The lowest BCUT2D eigenvalue weighted by Gasteiger charge is -2.14. The second-order valence-corrected chi connectivity index (χ2v) is 4.16. The smallest absolute Gasteiger partial charge is 0.117 e. The van der Waals surface area contributed by atoms with Crippen LogP contribution in [0.3, 0.4) is 0 Å². The first-order valence-corrected chi connectivity index (χ1v) is 5.59. The molecule has 0 amide bonds. The molecule has 0 saturated heterocycles. The largest absolute Gasteiger partial charge is 0.465 e. The molecule has 0 aliphatic carbocycles. The Balaban J connectivity index is 2.25. The van der Waals surface area contributed by atoms with E-state index < -0.39 is 0 Å². The molecule has 1 heterocycles. The van der Waals surface area contributed by atoms with E-state index in [0.29, 0.717) is 19.0 Å². The lowest BCUT2D eigenvalue weighted by Crippen LogP contribution is -2.30. The molecule has 2 N–H and O–H groups in total. The van der Waals surface area contributed by atoms with Crippen LogP contribution in [0.5, 0.6) is 0 Å². The van der Waals surface area contributed by atoms with Gasteiger partial charge in [-0.2, -0.15) is 0 Å². The zero-order chi connectivity index (χ0) is 11.3. The Bertz CT molecular complexity index is 281. The highest BCUT2D eigenvalue weighted by molar-refractivity contribution is 5.06. The molecule has 3 heteroatoms. The van der Waals surface area contributed by atoms with E-state index in [1.807, 2.05) is 26.0 Å². The van der Waals surface area contributed by atoms with Crippen LogP contribution in [0.15, 0.2) is 16.5 Å². The summed E-state index contributed by atoms with van der Waals surface area (Å²) in [6.45, 7) is 7.38. The average Bonchev–Trinajstić information content (AvgIpc) is 2.65. The third-order valence-corrected chi connectivity index (χ3v) is 2.49. The second-order valence-electron chi connectivity index (χ2n) is 4.16. The van der Waals surface area contributed by atoms with Crippen molar-refractivity contribution in [3.63, 3.8) is 0 Å². The van der Waals surface area contributed by atoms with Gasteiger partial charge in [0.2, 0.25) is 0 Å². The Morgan fingerprint density at radius 2 is 2.00 bits per heavy atom. The van der Waals surface area contributed by atoms with Crippen molar-refractivity contribution in [3.05, 3.63) is 23.7 Å². The molecule has 0 aromatic carbocycles. The Morgan fingerprint density at radius 1 is 1.33 bits per heavy atom. The molecule has 86 valence electrons. The summed E-state index contributed by atoms with van der Waals surface area (Å²) in [5.74, 6) is 2.24. The van der Waals surface area contributed by atoms with Crippen molar-refractivity contribution >= 4 is 0 Å². The van der Waals surface area contributed by atoms with Gasteiger partial charge in [-0.05, 0) is 18.1 Å². The van der Waals surface area contributed by atoms with Crippen molar-refractivity contribution in [1.29, 1.82) is 0 Å². The number of rotatable bonds is 6. The molecule has 1 atom stereocenters. The zero-order valence-electron chi connectivity index (χ0n) is 9.79. The molecule has 15 heavy (non-hydrogen) atoms. The fourth-order valence-electron chi connectivity index (χ4n) is 1.29. The first kappa shape index (κ1) is 12.3. The van der Waals surface area contributed by atoms with E-state index in [9.17, 15) is 5.11 Å².